The van der Waals surface area contributed by atoms with Gasteiger partial charge < -0.3 is 0 Å². The Morgan fingerprint density at radius 1 is 0.714 bits per heavy atom. The van der Waals surface area contributed by atoms with Crippen molar-refractivity contribution in [3.05, 3.63) is 114 Å². The Morgan fingerprint density at radius 2 is 1.25 bits per heavy atom. The maximum absolute atomic E-state index is 2.57. The lowest BCUT2D eigenvalue weighted by Crippen LogP contribution is -2.37. The van der Waals surface area contributed by atoms with Crippen LogP contribution in [0.4, 0.5) is 0 Å². The molecule has 142 valence electrons. The summed E-state index contributed by atoms with van der Waals surface area (Å²) in [6, 6.07) is 33.5. The first kappa shape index (κ1) is 18.7. The molecule has 1 aliphatic heterocycles. The number of benzene rings is 3. The smallest absolute Gasteiger partial charge is 0.0540 e. The van der Waals surface area contributed by atoms with Gasteiger partial charge in [0.2, 0.25) is 0 Å². The molecule has 0 spiro atoms. The largest absolute Gasteiger partial charge is 0.288 e. The lowest BCUT2D eigenvalue weighted by molar-refractivity contribution is 0.151. The van der Waals surface area contributed by atoms with E-state index in [2.05, 4.69) is 116 Å². The van der Waals surface area contributed by atoms with Crippen molar-refractivity contribution < 1.29 is 0 Å². The minimum Gasteiger partial charge on any atom is -0.288 e. The lowest BCUT2D eigenvalue weighted by Gasteiger charge is -2.45. The topological polar surface area (TPSA) is 3.24 Å². The van der Waals surface area contributed by atoms with Gasteiger partial charge in [0, 0.05) is 12.0 Å². The third kappa shape index (κ3) is 3.68. The van der Waals surface area contributed by atoms with Crippen LogP contribution in [0.1, 0.15) is 48.5 Å². The molecule has 3 unspecified atom stereocenters. The van der Waals surface area contributed by atoms with Crippen molar-refractivity contribution in [1.82, 2.24) is 4.90 Å². The van der Waals surface area contributed by atoms with Crippen LogP contribution in [-0.4, -0.2) is 11.9 Å². The van der Waals surface area contributed by atoms with E-state index in [-0.39, 0.29) is 6.04 Å². The highest BCUT2D eigenvalue weighted by atomic mass is 15.2. The van der Waals surface area contributed by atoms with Crippen molar-refractivity contribution in [1.29, 1.82) is 0 Å². The van der Waals surface area contributed by atoms with Crippen molar-refractivity contribution in [2.24, 2.45) is 5.92 Å². The lowest BCUT2D eigenvalue weighted by atomic mass is 9.75. The van der Waals surface area contributed by atoms with Crippen LogP contribution in [0.2, 0.25) is 0 Å². The molecule has 0 saturated carbocycles. The third-order valence-electron chi connectivity index (χ3n) is 5.98. The van der Waals surface area contributed by atoms with Crippen molar-refractivity contribution in [2.75, 3.05) is 7.05 Å². The van der Waals surface area contributed by atoms with E-state index in [1.807, 2.05) is 0 Å². The molecule has 3 aromatic carbocycles. The van der Waals surface area contributed by atoms with Crippen molar-refractivity contribution in [3.63, 3.8) is 0 Å². The zero-order valence-corrected chi connectivity index (χ0v) is 16.8. The number of hydrogen-bond donors (Lipinski definition) is 0. The predicted molar refractivity (Wildman–Crippen MR) is 119 cm³/mol. The molecule has 1 nitrogen and oxygen atoms in total. The predicted octanol–water partition coefficient (Wildman–Crippen LogP) is 6.91. The molecule has 3 atom stereocenters. The van der Waals surface area contributed by atoms with E-state index in [0.717, 1.165) is 0 Å². The molecule has 0 aliphatic carbocycles. The molecule has 1 heterocycles. The van der Waals surface area contributed by atoms with Gasteiger partial charge in [0.1, 0.15) is 0 Å². The minimum absolute atomic E-state index is 0.273. The maximum atomic E-state index is 2.57. The van der Waals surface area contributed by atoms with E-state index in [1.165, 1.54) is 35.1 Å². The standard InChI is InChI=1S/C27H29N/c1-3-13-24-25(21-14-7-4-8-15-21)20-26(22-16-9-5-10-17-22)28(2)27(24)23-18-11-6-12-19-23/h4-12,14-20,24,26-27H,3,13H2,1-2H3. The van der Waals surface area contributed by atoms with Crippen LogP contribution in [0, 0.1) is 5.92 Å². The van der Waals surface area contributed by atoms with Crippen molar-refractivity contribution >= 4 is 5.57 Å². The van der Waals surface area contributed by atoms with Crippen molar-refractivity contribution in [2.45, 2.75) is 31.8 Å². The molecule has 0 saturated heterocycles. The summed E-state index contributed by atoms with van der Waals surface area (Å²) in [5.74, 6) is 0.486. The van der Waals surface area contributed by atoms with Gasteiger partial charge in [-0.05, 0) is 35.7 Å². The Morgan fingerprint density at radius 3 is 1.82 bits per heavy atom. The monoisotopic (exact) mass is 367 g/mol. The zero-order valence-electron chi connectivity index (χ0n) is 16.8. The van der Waals surface area contributed by atoms with Crippen LogP contribution in [0.25, 0.3) is 5.57 Å². The first-order valence-corrected chi connectivity index (χ1v) is 10.4. The highest BCUT2D eigenvalue weighted by Crippen LogP contribution is 2.48. The summed E-state index contributed by atoms with van der Waals surface area (Å²) in [5.41, 5.74) is 5.61. The quantitative estimate of drug-likeness (QED) is 0.473. The summed E-state index contributed by atoms with van der Waals surface area (Å²) < 4.78 is 0. The highest BCUT2D eigenvalue weighted by Gasteiger charge is 2.37. The molecule has 1 heteroatoms. The molecule has 28 heavy (non-hydrogen) atoms. The second-order valence-electron chi connectivity index (χ2n) is 7.76. The van der Waals surface area contributed by atoms with E-state index in [4.69, 9.17) is 0 Å². The maximum Gasteiger partial charge on any atom is 0.0540 e. The van der Waals surface area contributed by atoms with E-state index >= 15 is 0 Å². The summed E-state index contributed by atoms with van der Waals surface area (Å²) in [5, 5.41) is 0. The second-order valence-corrected chi connectivity index (χ2v) is 7.76. The van der Waals surface area contributed by atoms with Crippen LogP contribution in [0.5, 0.6) is 0 Å². The molecule has 0 fully saturated rings. The van der Waals surface area contributed by atoms with Crippen LogP contribution in [0.3, 0.4) is 0 Å². The molecule has 1 aliphatic rings. The number of nitrogens with zero attached hydrogens (tertiary/aromatic N) is 1. The fraction of sp³-hybridized carbons (Fsp3) is 0.259. The summed E-state index contributed by atoms with van der Waals surface area (Å²) in [4.78, 5) is 2.57. The Balaban J connectivity index is 1.88. The van der Waals surface area contributed by atoms with Gasteiger partial charge in [-0.15, -0.1) is 0 Å². The summed E-state index contributed by atoms with van der Waals surface area (Å²) in [6.45, 7) is 2.30. The molecule has 0 radical (unpaired) electrons. The Kier molecular flexibility index (Phi) is 5.73. The van der Waals surface area contributed by atoms with Crippen molar-refractivity contribution in [3.8, 4) is 0 Å². The molecular weight excluding hydrogens is 338 g/mol. The fourth-order valence-electron chi connectivity index (χ4n) is 4.70. The SMILES string of the molecule is CCCC1C(c2ccccc2)=CC(c2ccccc2)N(C)C1c1ccccc1. The first-order valence-electron chi connectivity index (χ1n) is 10.4. The molecule has 0 bridgehead atoms. The normalized spacial score (nSPS) is 22.6. The zero-order chi connectivity index (χ0) is 19.3. The Hall–Kier alpha value is -2.64. The van der Waals surface area contributed by atoms with E-state index < -0.39 is 0 Å². The van der Waals surface area contributed by atoms with Crippen LogP contribution >= 0.6 is 0 Å². The highest BCUT2D eigenvalue weighted by molar-refractivity contribution is 5.70. The number of hydrogen-bond acceptors (Lipinski definition) is 1. The van der Waals surface area contributed by atoms with E-state index in [0.29, 0.717) is 12.0 Å². The molecular formula is C27H29N. The van der Waals surface area contributed by atoms with Gasteiger partial charge in [-0.3, -0.25) is 4.90 Å². The molecule has 0 N–H and O–H groups in total. The van der Waals surface area contributed by atoms with Gasteiger partial charge in [0.15, 0.2) is 0 Å². The minimum atomic E-state index is 0.273. The fourth-order valence-corrected chi connectivity index (χ4v) is 4.70. The number of likely N-dealkylation sites (N-methyl/N-ethyl adjacent to an activating group) is 1. The van der Waals surface area contributed by atoms with Crippen LogP contribution < -0.4 is 0 Å². The van der Waals surface area contributed by atoms with Crippen LogP contribution in [-0.2, 0) is 0 Å². The van der Waals surface area contributed by atoms with E-state index in [9.17, 15) is 0 Å². The average Bonchev–Trinajstić information content (AvgIpc) is 2.76. The summed E-state index contributed by atoms with van der Waals surface area (Å²) in [6.07, 6.45) is 4.87. The van der Waals surface area contributed by atoms with Gasteiger partial charge in [-0.25, -0.2) is 0 Å². The van der Waals surface area contributed by atoms with Crippen LogP contribution in [0.15, 0.2) is 97.1 Å². The third-order valence-corrected chi connectivity index (χ3v) is 5.98. The summed E-state index contributed by atoms with van der Waals surface area (Å²) in [7, 11) is 2.29. The van der Waals surface area contributed by atoms with Gasteiger partial charge in [-0.2, -0.15) is 0 Å². The van der Waals surface area contributed by atoms with Gasteiger partial charge in [0.05, 0.1) is 6.04 Å². The molecule has 4 rings (SSSR count). The Labute approximate surface area is 169 Å². The molecule has 0 amide bonds. The van der Waals surface area contributed by atoms with Gasteiger partial charge in [-0.1, -0.05) is 110 Å². The second kappa shape index (κ2) is 8.58. The summed E-state index contributed by atoms with van der Waals surface area (Å²) >= 11 is 0. The van der Waals surface area contributed by atoms with E-state index in [1.54, 1.807) is 0 Å². The Bertz CT molecular complexity index is 899. The van der Waals surface area contributed by atoms with Gasteiger partial charge >= 0.3 is 0 Å². The van der Waals surface area contributed by atoms with Gasteiger partial charge in [0.25, 0.3) is 0 Å². The first-order chi connectivity index (χ1) is 13.8. The average molecular weight is 368 g/mol. The molecule has 0 aromatic heterocycles. The molecule has 3 aromatic rings. The number of rotatable bonds is 5.